The van der Waals surface area contributed by atoms with Crippen molar-refractivity contribution in [2.75, 3.05) is 13.1 Å². The predicted octanol–water partition coefficient (Wildman–Crippen LogP) is 1.20. The summed E-state index contributed by atoms with van der Waals surface area (Å²) in [6, 6.07) is 0. The Labute approximate surface area is 80.4 Å². The zero-order valence-electron chi connectivity index (χ0n) is 8.60. The molecule has 0 aromatic carbocycles. The van der Waals surface area contributed by atoms with E-state index >= 15 is 0 Å². The highest BCUT2D eigenvalue weighted by atomic mass is 16.1. The van der Waals surface area contributed by atoms with Crippen molar-refractivity contribution in [2.24, 2.45) is 5.73 Å². The molecule has 0 heterocycles. The number of amides is 1. The van der Waals surface area contributed by atoms with Gasteiger partial charge in [0.15, 0.2) is 0 Å². The molecule has 0 atom stereocenters. The molecule has 0 saturated carbocycles. The standard InChI is InChI=1S/C10H20N2O/c1-9(2)8-10(13)12-7-5-3-4-6-11/h8H,3-7,11H2,1-2H3,(H,12,13). The van der Waals surface area contributed by atoms with Crippen molar-refractivity contribution in [3.05, 3.63) is 11.6 Å². The zero-order valence-corrected chi connectivity index (χ0v) is 8.60. The van der Waals surface area contributed by atoms with Gasteiger partial charge in [0.05, 0.1) is 0 Å². The molecule has 3 nitrogen and oxygen atoms in total. The number of unbranched alkanes of at least 4 members (excludes halogenated alkanes) is 2. The SMILES string of the molecule is CC(C)=CC(=O)NCCCCCN. The summed E-state index contributed by atoms with van der Waals surface area (Å²) in [5, 5.41) is 2.82. The zero-order chi connectivity index (χ0) is 10.1. The van der Waals surface area contributed by atoms with Crippen LogP contribution >= 0.6 is 0 Å². The van der Waals surface area contributed by atoms with Crippen LogP contribution in [-0.4, -0.2) is 19.0 Å². The molecular formula is C10H20N2O. The molecule has 0 aliphatic rings. The van der Waals surface area contributed by atoms with Crippen molar-refractivity contribution in [3.63, 3.8) is 0 Å². The van der Waals surface area contributed by atoms with Crippen LogP contribution in [0.4, 0.5) is 0 Å². The molecule has 0 aromatic heterocycles. The lowest BCUT2D eigenvalue weighted by atomic mass is 10.2. The third-order valence-corrected chi connectivity index (χ3v) is 1.60. The number of carbonyl (C=O) groups is 1. The van der Waals surface area contributed by atoms with Gasteiger partial charge < -0.3 is 11.1 Å². The minimum absolute atomic E-state index is 0.00717. The van der Waals surface area contributed by atoms with Crippen LogP contribution in [0.1, 0.15) is 33.1 Å². The summed E-state index contributed by atoms with van der Waals surface area (Å²) in [5.41, 5.74) is 6.37. The third-order valence-electron chi connectivity index (χ3n) is 1.60. The summed E-state index contributed by atoms with van der Waals surface area (Å²) < 4.78 is 0. The minimum Gasteiger partial charge on any atom is -0.353 e. The van der Waals surface area contributed by atoms with E-state index < -0.39 is 0 Å². The summed E-state index contributed by atoms with van der Waals surface area (Å²) in [6.07, 6.45) is 4.76. The van der Waals surface area contributed by atoms with Crippen molar-refractivity contribution in [2.45, 2.75) is 33.1 Å². The Hall–Kier alpha value is -0.830. The maximum Gasteiger partial charge on any atom is 0.243 e. The number of allylic oxidation sites excluding steroid dienone is 1. The molecule has 0 aliphatic heterocycles. The number of carbonyl (C=O) groups excluding carboxylic acids is 1. The first-order valence-electron chi connectivity index (χ1n) is 4.79. The lowest BCUT2D eigenvalue weighted by Crippen LogP contribution is -2.22. The Balaban J connectivity index is 3.33. The number of rotatable bonds is 6. The average Bonchev–Trinajstić information content (AvgIpc) is 2.02. The van der Waals surface area contributed by atoms with Gasteiger partial charge in [-0.15, -0.1) is 0 Å². The molecule has 0 radical (unpaired) electrons. The first kappa shape index (κ1) is 12.2. The molecule has 0 aliphatic carbocycles. The van der Waals surface area contributed by atoms with Crippen molar-refractivity contribution in [1.82, 2.24) is 5.32 Å². The van der Waals surface area contributed by atoms with E-state index in [1.165, 1.54) is 0 Å². The van der Waals surface area contributed by atoms with E-state index in [9.17, 15) is 4.79 Å². The van der Waals surface area contributed by atoms with E-state index in [-0.39, 0.29) is 5.91 Å². The Bertz CT molecular complexity index is 172. The molecule has 0 aromatic rings. The summed E-state index contributed by atoms with van der Waals surface area (Å²) in [7, 11) is 0. The Morgan fingerprint density at radius 2 is 2.00 bits per heavy atom. The molecule has 3 N–H and O–H groups in total. The van der Waals surface area contributed by atoms with Gasteiger partial charge in [-0.25, -0.2) is 0 Å². The molecule has 0 spiro atoms. The summed E-state index contributed by atoms with van der Waals surface area (Å²) in [4.78, 5) is 11.1. The average molecular weight is 184 g/mol. The van der Waals surface area contributed by atoms with Gasteiger partial charge in [-0.1, -0.05) is 12.0 Å². The van der Waals surface area contributed by atoms with Crippen molar-refractivity contribution in [3.8, 4) is 0 Å². The van der Waals surface area contributed by atoms with Gasteiger partial charge in [0.2, 0.25) is 5.91 Å². The van der Waals surface area contributed by atoms with Crippen LogP contribution in [0.2, 0.25) is 0 Å². The largest absolute Gasteiger partial charge is 0.353 e. The van der Waals surface area contributed by atoms with E-state index in [4.69, 9.17) is 5.73 Å². The molecule has 0 fully saturated rings. The minimum atomic E-state index is 0.00717. The van der Waals surface area contributed by atoms with E-state index in [0.717, 1.165) is 37.9 Å². The highest BCUT2D eigenvalue weighted by Crippen LogP contribution is 1.92. The van der Waals surface area contributed by atoms with Crippen molar-refractivity contribution >= 4 is 5.91 Å². The molecule has 76 valence electrons. The van der Waals surface area contributed by atoms with Gasteiger partial charge in [0, 0.05) is 12.6 Å². The van der Waals surface area contributed by atoms with E-state index in [0.29, 0.717) is 0 Å². The number of hydrogen-bond acceptors (Lipinski definition) is 2. The Morgan fingerprint density at radius 3 is 2.54 bits per heavy atom. The normalized spacial score (nSPS) is 9.46. The highest BCUT2D eigenvalue weighted by molar-refractivity contribution is 5.87. The molecule has 13 heavy (non-hydrogen) atoms. The van der Waals surface area contributed by atoms with E-state index in [1.54, 1.807) is 6.08 Å². The van der Waals surface area contributed by atoms with Crippen molar-refractivity contribution in [1.29, 1.82) is 0 Å². The van der Waals surface area contributed by atoms with Gasteiger partial charge in [0.1, 0.15) is 0 Å². The van der Waals surface area contributed by atoms with Crippen LogP contribution in [0.5, 0.6) is 0 Å². The van der Waals surface area contributed by atoms with Crippen LogP contribution in [0, 0.1) is 0 Å². The molecular weight excluding hydrogens is 164 g/mol. The van der Waals surface area contributed by atoms with Crippen LogP contribution in [0.25, 0.3) is 0 Å². The van der Waals surface area contributed by atoms with E-state index in [1.807, 2.05) is 13.8 Å². The van der Waals surface area contributed by atoms with Crippen molar-refractivity contribution < 1.29 is 4.79 Å². The van der Waals surface area contributed by atoms with Crippen LogP contribution < -0.4 is 11.1 Å². The first-order chi connectivity index (χ1) is 6.16. The van der Waals surface area contributed by atoms with Gasteiger partial charge >= 0.3 is 0 Å². The van der Waals surface area contributed by atoms with Gasteiger partial charge in [-0.2, -0.15) is 0 Å². The fourth-order valence-corrected chi connectivity index (χ4v) is 0.971. The number of nitrogens with one attached hydrogen (secondary N) is 1. The quantitative estimate of drug-likeness (QED) is 0.481. The molecule has 0 saturated heterocycles. The topological polar surface area (TPSA) is 55.1 Å². The predicted molar refractivity (Wildman–Crippen MR) is 55.3 cm³/mol. The highest BCUT2D eigenvalue weighted by Gasteiger charge is 1.94. The van der Waals surface area contributed by atoms with Crippen LogP contribution in [-0.2, 0) is 4.79 Å². The maximum atomic E-state index is 11.1. The fraction of sp³-hybridized carbons (Fsp3) is 0.700. The molecule has 0 bridgehead atoms. The smallest absolute Gasteiger partial charge is 0.243 e. The van der Waals surface area contributed by atoms with Gasteiger partial charge in [-0.05, 0) is 33.2 Å². The number of hydrogen-bond donors (Lipinski definition) is 2. The van der Waals surface area contributed by atoms with Gasteiger partial charge in [0.25, 0.3) is 0 Å². The lowest BCUT2D eigenvalue weighted by Gasteiger charge is -2.01. The first-order valence-corrected chi connectivity index (χ1v) is 4.79. The fourth-order valence-electron chi connectivity index (χ4n) is 0.971. The summed E-state index contributed by atoms with van der Waals surface area (Å²) >= 11 is 0. The molecule has 3 heteroatoms. The second-order valence-corrected chi connectivity index (χ2v) is 3.36. The Kier molecular flexibility index (Phi) is 7.30. The third kappa shape index (κ3) is 9.08. The monoisotopic (exact) mass is 184 g/mol. The second-order valence-electron chi connectivity index (χ2n) is 3.36. The Morgan fingerprint density at radius 1 is 1.31 bits per heavy atom. The molecule has 0 rings (SSSR count). The summed E-state index contributed by atoms with van der Waals surface area (Å²) in [5.74, 6) is 0.00717. The van der Waals surface area contributed by atoms with Crippen LogP contribution in [0.15, 0.2) is 11.6 Å². The van der Waals surface area contributed by atoms with Gasteiger partial charge in [-0.3, -0.25) is 4.79 Å². The second kappa shape index (κ2) is 7.80. The summed E-state index contributed by atoms with van der Waals surface area (Å²) in [6.45, 7) is 5.31. The van der Waals surface area contributed by atoms with E-state index in [2.05, 4.69) is 5.32 Å². The number of nitrogens with two attached hydrogens (primary N) is 1. The maximum absolute atomic E-state index is 11.1. The lowest BCUT2D eigenvalue weighted by molar-refractivity contribution is -0.116. The molecule has 0 unspecified atom stereocenters. The molecule has 1 amide bonds. The van der Waals surface area contributed by atoms with Crippen LogP contribution in [0.3, 0.4) is 0 Å².